The second-order valence-electron chi connectivity index (χ2n) is 4.18. The quantitative estimate of drug-likeness (QED) is 0.881. The van der Waals surface area contributed by atoms with E-state index in [1.165, 1.54) is 24.0 Å². The highest BCUT2D eigenvalue weighted by Crippen LogP contribution is 2.27. The van der Waals surface area contributed by atoms with Crippen molar-refractivity contribution in [1.82, 2.24) is 5.32 Å². The van der Waals surface area contributed by atoms with Gasteiger partial charge >= 0.3 is 0 Å². The molecule has 1 fully saturated rings. The number of aliphatic hydroxyl groups excluding tert-OH is 1. The van der Waals surface area contributed by atoms with Gasteiger partial charge in [-0.1, -0.05) is 22.0 Å². The van der Waals surface area contributed by atoms with Gasteiger partial charge < -0.3 is 10.4 Å². The van der Waals surface area contributed by atoms with Crippen LogP contribution in [0.2, 0.25) is 0 Å². The molecular formula is C12H16BrNO. The lowest BCUT2D eigenvalue weighted by molar-refractivity contribution is 0.243. The third-order valence-electron chi connectivity index (χ3n) is 2.81. The Bertz CT molecular complexity index is 349. The zero-order valence-electron chi connectivity index (χ0n) is 8.83. The molecule has 1 unspecified atom stereocenters. The molecule has 0 aromatic heterocycles. The van der Waals surface area contributed by atoms with Gasteiger partial charge in [-0.3, -0.25) is 0 Å². The first-order valence-corrected chi connectivity index (χ1v) is 6.13. The molecule has 0 bridgehead atoms. The summed E-state index contributed by atoms with van der Waals surface area (Å²) in [6, 6.07) is 6.89. The summed E-state index contributed by atoms with van der Waals surface area (Å²) in [5.41, 5.74) is 2.42. The van der Waals surface area contributed by atoms with Crippen molar-refractivity contribution in [1.29, 1.82) is 0 Å². The summed E-state index contributed by atoms with van der Waals surface area (Å²) in [6.07, 6.45) is 2.48. The molecule has 1 saturated carbocycles. The standard InChI is InChI=1S/C12H16BrNO/c1-8-2-3-9(13)6-11(8)12(7-15)14-10-4-5-10/h2-3,6,10,12,14-15H,4-5,7H2,1H3. The molecule has 0 heterocycles. The first-order chi connectivity index (χ1) is 7.20. The van der Waals surface area contributed by atoms with Crippen LogP contribution < -0.4 is 5.32 Å². The molecule has 0 spiro atoms. The minimum absolute atomic E-state index is 0.0787. The van der Waals surface area contributed by atoms with Crippen molar-refractivity contribution in [2.24, 2.45) is 0 Å². The van der Waals surface area contributed by atoms with E-state index >= 15 is 0 Å². The molecule has 2 N–H and O–H groups in total. The van der Waals surface area contributed by atoms with E-state index in [0.717, 1.165) is 4.47 Å². The molecular weight excluding hydrogens is 254 g/mol. The van der Waals surface area contributed by atoms with E-state index in [-0.39, 0.29) is 12.6 Å². The van der Waals surface area contributed by atoms with E-state index in [4.69, 9.17) is 0 Å². The first-order valence-electron chi connectivity index (χ1n) is 5.33. The lowest BCUT2D eigenvalue weighted by Gasteiger charge is -2.18. The molecule has 0 aliphatic heterocycles. The summed E-state index contributed by atoms with van der Waals surface area (Å²) in [5.74, 6) is 0. The van der Waals surface area contributed by atoms with Crippen molar-refractivity contribution in [3.8, 4) is 0 Å². The van der Waals surface area contributed by atoms with Crippen molar-refractivity contribution in [3.05, 3.63) is 33.8 Å². The van der Waals surface area contributed by atoms with Crippen molar-refractivity contribution in [2.75, 3.05) is 6.61 Å². The Morgan fingerprint density at radius 1 is 1.53 bits per heavy atom. The van der Waals surface area contributed by atoms with Gasteiger partial charge in [0.25, 0.3) is 0 Å². The SMILES string of the molecule is Cc1ccc(Br)cc1C(CO)NC1CC1. The van der Waals surface area contributed by atoms with E-state index in [0.29, 0.717) is 6.04 Å². The summed E-state index contributed by atoms with van der Waals surface area (Å²) in [7, 11) is 0. The molecule has 82 valence electrons. The van der Waals surface area contributed by atoms with Gasteiger partial charge in [0.1, 0.15) is 0 Å². The van der Waals surface area contributed by atoms with E-state index in [9.17, 15) is 5.11 Å². The minimum atomic E-state index is 0.0787. The summed E-state index contributed by atoms with van der Waals surface area (Å²) in [4.78, 5) is 0. The lowest BCUT2D eigenvalue weighted by atomic mass is 10.0. The molecule has 0 amide bonds. The number of hydrogen-bond acceptors (Lipinski definition) is 2. The summed E-state index contributed by atoms with van der Waals surface area (Å²) in [5, 5.41) is 12.8. The summed E-state index contributed by atoms with van der Waals surface area (Å²) >= 11 is 3.47. The van der Waals surface area contributed by atoms with E-state index in [1.807, 2.05) is 6.07 Å². The minimum Gasteiger partial charge on any atom is -0.394 e. The highest BCUT2D eigenvalue weighted by Gasteiger charge is 2.25. The monoisotopic (exact) mass is 269 g/mol. The number of aryl methyl sites for hydroxylation is 1. The second kappa shape index (κ2) is 4.64. The fourth-order valence-electron chi connectivity index (χ4n) is 1.76. The van der Waals surface area contributed by atoms with Gasteiger partial charge in [-0.05, 0) is 43.0 Å². The molecule has 1 atom stereocenters. The molecule has 1 aromatic carbocycles. The number of benzene rings is 1. The Morgan fingerprint density at radius 3 is 2.87 bits per heavy atom. The maximum Gasteiger partial charge on any atom is 0.0626 e. The number of nitrogens with one attached hydrogen (secondary N) is 1. The largest absolute Gasteiger partial charge is 0.394 e. The topological polar surface area (TPSA) is 32.3 Å². The molecule has 3 heteroatoms. The Balaban J connectivity index is 2.19. The smallest absolute Gasteiger partial charge is 0.0626 e. The van der Waals surface area contributed by atoms with Crippen LogP contribution in [0.1, 0.15) is 30.0 Å². The van der Waals surface area contributed by atoms with Gasteiger partial charge in [0.15, 0.2) is 0 Å². The Kier molecular flexibility index (Phi) is 3.44. The lowest BCUT2D eigenvalue weighted by Crippen LogP contribution is -2.26. The predicted molar refractivity (Wildman–Crippen MR) is 64.9 cm³/mol. The van der Waals surface area contributed by atoms with Crippen LogP contribution in [0.15, 0.2) is 22.7 Å². The Labute approximate surface area is 98.8 Å². The second-order valence-corrected chi connectivity index (χ2v) is 5.09. The van der Waals surface area contributed by atoms with Crippen LogP contribution in [0.3, 0.4) is 0 Å². The number of aliphatic hydroxyl groups is 1. The summed E-state index contributed by atoms with van der Waals surface area (Å²) < 4.78 is 1.07. The number of hydrogen-bond donors (Lipinski definition) is 2. The van der Waals surface area contributed by atoms with Gasteiger partial charge in [-0.15, -0.1) is 0 Å². The van der Waals surface area contributed by atoms with Gasteiger partial charge in [-0.2, -0.15) is 0 Å². The van der Waals surface area contributed by atoms with Gasteiger partial charge in [0, 0.05) is 10.5 Å². The molecule has 2 nitrogen and oxygen atoms in total. The van der Waals surface area contributed by atoms with Crippen LogP contribution >= 0.6 is 15.9 Å². The maximum atomic E-state index is 9.39. The fraction of sp³-hybridized carbons (Fsp3) is 0.500. The number of rotatable bonds is 4. The van der Waals surface area contributed by atoms with Crippen molar-refractivity contribution >= 4 is 15.9 Å². The molecule has 2 rings (SSSR count). The zero-order valence-corrected chi connectivity index (χ0v) is 10.4. The first kappa shape index (κ1) is 11.1. The average molecular weight is 270 g/mol. The van der Waals surface area contributed by atoms with Crippen LogP contribution in [0, 0.1) is 6.92 Å². The van der Waals surface area contributed by atoms with E-state index in [1.54, 1.807) is 0 Å². The normalized spacial score (nSPS) is 17.8. The van der Waals surface area contributed by atoms with Crippen molar-refractivity contribution in [2.45, 2.75) is 31.8 Å². The Morgan fingerprint density at radius 2 is 2.27 bits per heavy atom. The van der Waals surface area contributed by atoms with Crippen molar-refractivity contribution in [3.63, 3.8) is 0 Å². The fourth-order valence-corrected chi connectivity index (χ4v) is 2.14. The average Bonchev–Trinajstić information content (AvgIpc) is 3.02. The third-order valence-corrected chi connectivity index (χ3v) is 3.31. The van der Waals surface area contributed by atoms with E-state index < -0.39 is 0 Å². The van der Waals surface area contributed by atoms with Crippen LogP contribution in [-0.4, -0.2) is 17.8 Å². The molecule has 1 aromatic rings. The molecule has 1 aliphatic rings. The molecule has 0 saturated heterocycles. The zero-order chi connectivity index (χ0) is 10.8. The van der Waals surface area contributed by atoms with Crippen LogP contribution in [-0.2, 0) is 0 Å². The number of halogens is 1. The predicted octanol–water partition coefficient (Wildman–Crippen LogP) is 2.54. The highest BCUT2D eigenvalue weighted by atomic mass is 79.9. The van der Waals surface area contributed by atoms with Crippen molar-refractivity contribution < 1.29 is 5.11 Å². The summed E-state index contributed by atoms with van der Waals surface area (Å²) in [6.45, 7) is 2.24. The van der Waals surface area contributed by atoms with Crippen LogP contribution in [0.4, 0.5) is 0 Å². The van der Waals surface area contributed by atoms with Gasteiger partial charge in [-0.25, -0.2) is 0 Å². The highest BCUT2D eigenvalue weighted by molar-refractivity contribution is 9.10. The van der Waals surface area contributed by atoms with Gasteiger partial charge in [0.05, 0.1) is 12.6 Å². The molecule has 0 radical (unpaired) electrons. The molecule has 15 heavy (non-hydrogen) atoms. The van der Waals surface area contributed by atoms with Crippen LogP contribution in [0.5, 0.6) is 0 Å². The van der Waals surface area contributed by atoms with E-state index in [2.05, 4.69) is 40.3 Å². The third kappa shape index (κ3) is 2.80. The van der Waals surface area contributed by atoms with Crippen LogP contribution in [0.25, 0.3) is 0 Å². The Hall–Kier alpha value is -0.380. The maximum absolute atomic E-state index is 9.39. The van der Waals surface area contributed by atoms with Gasteiger partial charge in [0.2, 0.25) is 0 Å². The molecule has 1 aliphatic carbocycles.